The van der Waals surface area contributed by atoms with Crippen LogP contribution in [0.4, 0.5) is 0 Å². The van der Waals surface area contributed by atoms with E-state index in [2.05, 4.69) is 0 Å². The summed E-state index contributed by atoms with van der Waals surface area (Å²) in [5.74, 6) is -0.847. The van der Waals surface area contributed by atoms with Crippen LogP contribution in [0.3, 0.4) is 0 Å². The molecule has 0 aliphatic carbocycles. The number of sulfonamides is 1. The topological polar surface area (TPSA) is 107 Å². The van der Waals surface area contributed by atoms with Gasteiger partial charge in [-0.2, -0.15) is 0 Å². The van der Waals surface area contributed by atoms with Gasteiger partial charge in [0.2, 0.25) is 11.8 Å². The monoisotopic (exact) mass is 300 g/mol. The molecular weight excluding hydrogens is 284 g/mol. The standard InChI is InChI=1S/C12H16N2O5S/c1-14(12(16)8-7-11(13)15)20(17,18)10-5-3-9(19-2)4-6-10/h3-6H,7-8H2,1-2H3,(H2,13,15). The number of benzene rings is 1. The molecule has 0 bridgehead atoms. The second-order valence-electron chi connectivity index (χ2n) is 4.01. The summed E-state index contributed by atoms with van der Waals surface area (Å²) >= 11 is 0. The normalized spacial score (nSPS) is 10.9. The number of nitrogens with zero attached hydrogens (tertiary/aromatic N) is 1. The maximum absolute atomic E-state index is 12.2. The van der Waals surface area contributed by atoms with Crippen molar-refractivity contribution in [3.63, 3.8) is 0 Å². The Morgan fingerprint density at radius 3 is 2.20 bits per heavy atom. The van der Waals surface area contributed by atoms with E-state index in [-0.39, 0.29) is 17.7 Å². The number of nitrogens with two attached hydrogens (primary N) is 1. The van der Waals surface area contributed by atoms with Crippen molar-refractivity contribution in [1.82, 2.24) is 4.31 Å². The number of hydrogen-bond donors (Lipinski definition) is 1. The first-order chi connectivity index (χ1) is 9.28. The second-order valence-corrected chi connectivity index (χ2v) is 5.98. The third-order valence-corrected chi connectivity index (χ3v) is 4.45. The third-order valence-electron chi connectivity index (χ3n) is 2.65. The van der Waals surface area contributed by atoms with Gasteiger partial charge in [-0.05, 0) is 24.3 Å². The lowest BCUT2D eigenvalue weighted by Gasteiger charge is -2.17. The molecule has 20 heavy (non-hydrogen) atoms. The second kappa shape index (κ2) is 6.38. The Morgan fingerprint density at radius 2 is 1.75 bits per heavy atom. The molecule has 0 unspecified atom stereocenters. The summed E-state index contributed by atoms with van der Waals surface area (Å²) in [7, 11) is -1.33. The fourth-order valence-electron chi connectivity index (χ4n) is 1.43. The quantitative estimate of drug-likeness (QED) is 0.802. The molecule has 2 N–H and O–H groups in total. The smallest absolute Gasteiger partial charge is 0.266 e. The average Bonchev–Trinajstić information content (AvgIpc) is 2.43. The summed E-state index contributed by atoms with van der Waals surface area (Å²) < 4.78 is 29.9. The van der Waals surface area contributed by atoms with Gasteiger partial charge in [0.1, 0.15) is 5.75 Å². The van der Waals surface area contributed by atoms with Crippen LogP contribution in [0.15, 0.2) is 29.2 Å². The summed E-state index contributed by atoms with van der Waals surface area (Å²) in [4.78, 5) is 22.3. The minimum Gasteiger partial charge on any atom is -0.497 e. The Hall–Kier alpha value is -2.09. The van der Waals surface area contributed by atoms with Crippen LogP contribution in [-0.4, -0.2) is 38.7 Å². The van der Waals surface area contributed by atoms with Gasteiger partial charge in [-0.3, -0.25) is 9.59 Å². The summed E-state index contributed by atoms with van der Waals surface area (Å²) in [6, 6.07) is 5.64. The molecule has 1 rings (SSSR count). The first-order valence-electron chi connectivity index (χ1n) is 5.73. The summed E-state index contributed by atoms with van der Waals surface area (Å²) in [5, 5.41) is 0. The molecule has 2 amide bonds. The number of carbonyl (C=O) groups is 2. The van der Waals surface area contributed by atoms with Gasteiger partial charge < -0.3 is 10.5 Å². The first kappa shape index (κ1) is 16.0. The highest BCUT2D eigenvalue weighted by Crippen LogP contribution is 2.19. The molecule has 0 atom stereocenters. The summed E-state index contributed by atoms with van der Waals surface area (Å²) in [6.45, 7) is 0. The molecule has 1 aromatic rings. The Balaban J connectivity index is 2.91. The van der Waals surface area contributed by atoms with Crippen molar-refractivity contribution in [3.05, 3.63) is 24.3 Å². The van der Waals surface area contributed by atoms with E-state index in [0.29, 0.717) is 10.1 Å². The molecule has 0 heterocycles. The Bertz CT molecular complexity index is 595. The van der Waals surface area contributed by atoms with Crippen molar-refractivity contribution in [2.45, 2.75) is 17.7 Å². The molecular formula is C12H16N2O5S. The van der Waals surface area contributed by atoms with Crippen LogP contribution >= 0.6 is 0 Å². The van der Waals surface area contributed by atoms with E-state index < -0.39 is 21.8 Å². The number of hydrogen-bond acceptors (Lipinski definition) is 5. The van der Waals surface area contributed by atoms with E-state index in [4.69, 9.17) is 10.5 Å². The van der Waals surface area contributed by atoms with Crippen LogP contribution in [0.5, 0.6) is 5.75 Å². The zero-order valence-corrected chi connectivity index (χ0v) is 12.0. The van der Waals surface area contributed by atoms with E-state index in [1.807, 2.05) is 0 Å². The SMILES string of the molecule is COc1ccc(S(=O)(=O)N(C)C(=O)CCC(N)=O)cc1. The molecule has 1 aromatic carbocycles. The number of primary amides is 1. The van der Waals surface area contributed by atoms with Crippen LogP contribution in [-0.2, 0) is 19.6 Å². The van der Waals surface area contributed by atoms with Crippen LogP contribution in [0.1, 0.15) is 12.8 Å². The van der Waals surface area contributed by atoms with Crippen molar-refractivity contribution in [1.29, 1.82) is 0 Å². The molecule has 8 heteroatoms. The van der Waals surface area contributed by atoms with Crippen LogP contribution < -0.4 is 10.5 Å². The lowest BCUT2D eigenvalue weighted by Crippen LogP contribution is -2.33. The largest absolute Gasteiger partial charge is 0.497 e. The molecule has 0 radical (unpaired) electrons. The van der Waals surface area contributed by atoms with E-state index >= 15 is 0 Å². The number of carbonyl (C=O) groups excluding carboxylic acids is 2. The molecule has 0 saturated heterocycles. The Morgan fingerprint density at radius 1 is 1.20 bits per heavy atom. The van der Waals surface area contributed by atoms with Gasteiger partial charge in [-0.1, -0.05) is 0 Å². The van der Waals surface area contributed by atoms with Crippen molar-refractivity contribution in [3.8, 4) is 5.75 Å². The predicted octanol–water partition coefficient (Wildman–Crippen LogP) is 0.108. The van der Waals surface area contributed by atoms with Gasteiger partial charge in [0, 0.05) is 19.9 Å². The van der Waals surface area contributed by atoms with Gasteiger partial charge in [0.25, 0.3) is 10.0 Å². The van der Waals surface area contributed by atoms with Gasteiger partial charge in [-0.15, -0.1) is 0 Å². The number of rotatable bonds is 6. The molecule has 7 nitrogen and oxygen atoms in total. The number of ether oxygens (including phenoxy) is 1. The average molecular weight is 300 g/mol. The molecule has 0 aromatic heterocycles. The highest BCUT2D eigenvalue weighted by atomic mass is 32.2. The highest BCUT2D eigenvalue weighted by molar-refractivity contribution is 7.89. The Labute approximate surface area is 117 Å². The van der Waals surface area contributed by atoms with Crippen molar-refractivity contribution >= 4 is 21.8 Å². The fraction of sp³-hybridized carbons (Fsp3) is 0.333. The lowest BCUT2D eigenvalue weighted by molar-refractivity contribution is -0.128. The number of amides is 2. The van der Waals surface area contributed by atoms with Crippen molar-refractivity contribution in [2.24, 2.45) is 5.73 Å². The van der Waals surface area contributed by atoms with E-state index in [1.165, 1.54) is 31.4 Å². The van der Waals surface area contributed by atoms with Gasteiger partial charge in [0.15, 0.2) is 0 Å². The van der Waals surface area contributed by atoms with Gasteiger partial charge in [0.05, 0.1) is 12.0 Å². The molecule has 0 aliphatic rings. The van der Waals surface area contributed by atoms with E-state index in [0.717, 1.165) is 7.05 Å². The predicted molar refractivity (Wildman–Crippen MR) is 71.4 cm³/mol. The minimum atomic E-state index is -3.93. The van der Waals surface area contributed by atoms with Crippen molar-refractivity contribution in [2.75, 3.05) is 14.2 Å². The third kappa shape index (κ3) is 3.70. The molecule has 110 valence electrons. The minimum absolute atomic E-state index is 0.0341. The fourth-order valence-corrected chi connectivity index (χ4v) is 2.58. The maximum Gasteiger partial charge on any atom is 0.266 e. The Kier molecular flexibility index (Phi) is 5.09. The first-order valence-corrected chi connectivity index (χ1v) is 7.17. The van der Waals surface area contributed by atoms with E-state index in [9.17, 15) is 18.0 Å². The van der Waals surface area contributed by atoms with E-state index in [1.54, 1.807) is 0 Å². The zero-order valence-electron chi connectivity index (χ0n) is 11.2. The van der Waals surface area contributed by atoms with Crippen molar-refractivity contribution < 1.29 is 22.7 Å². The van der Waals surface area contributed by atoms with Crippen LogP contribution in [0.2, 0.25) is 0 Å². The zero-order chi connectivity index (χ0) is 15.3. The van der Waals surface area contributed by atoms with Crippen LogP contribution in [0.25, 0.3) is 0 Å². The van der Waals surface area contributed by atoms with Crippen LogP contribution in [0, 0.1) is 0 Å². The highest BCUT2D eigenvalue weighted by Gasteiger charge is 2.25. The molecule has 0 spiro atoms. The summed E-state index contributed by atoms with van der Waals surface area (Å²) in [5.41, 5.74) is 4.92. The molecule has 0 aliphatic heterocycles. The van der Waals surface area contributed by atoms with Gasteiger partial charge in [-0.25, -0.2) is 12.7 Å². The maximum atomic E-state index is 12.2. The molecule has 0 saturated carbocycles. The number of methoxy groups -OCH3 is 1. The molecule has 0 fully saturated rings. The lowest BCUT2D eigenvalue weighted by atomic mass is 10.3. The summed E-state index contributed by atoms with van der Waals surface area (Å²) in [6.07, 6.45) is -0.442. The van der Waals surface area contributed by atoms with Gasteiger partial charge >= 0.3 is 0 Å².